The highest BCUT2D eigenvalue weighted by Gasteiger charge is 2.33. The number of nitrogens with zero attached hydrogens (tertiary/aromatic N) is 6. The lowest BCUT2D eigenvalue weighted by molar-refractivity contribution is -0.114. The van der Waals surface area contributed by atoms with Crippen molar-refractivity contribution in [2.45, 2.75) is 38.0 Å². The molecule has 0 atom stereocenters. The van der Waals surface area contributed by atoms with Gasteiger partial charge in [0.1, 0.15) is 5.01 Å². The molecule has 2 aliphatic heterocycles. The zero-order chi connectivity index (χ0) is 21.7. The number of imidazole rings is 1. The van der Waals surface area contributed by atoms with Gasteiger partial charge in [0.25, 0.3) is 5.91 Å². The van der Waals surface area contributed by atoms with E-state index in [1.807, 2.05) is 34.8 Å². The first-order valence-corrected chi connectivity index (χ1v) is 12.3. The number of carbonyl (C=O) groups excluding carboxylic acids is 1. The van der Waals surface area contributed by atoms with Gasteiger partial charge in [-0.1, -0.05) is 60.9 Å². The maximum absolute atomic E-state index is 12.8. The molecule has 1 saturated carbocycles. The summed E-state index contributed by atoms with van der Waals surface area (Å²) in [7, 11) is 0. The first-order chi connectivity index (χ1) is 15.7. The van der Waals surface area contributed by atoms with E-state index in [2.05, 4.69) is 10.1 Å². The van der Waals surface area contributed by atoms with E-state index in [1.165, 1.54) is 36.0 Å². The Labute approximate surface area is 192 Å². The fraction of sp³-hybridized carbons (Fsp3) is 0.273. The van der Waals surface area contributed by atoms with E-state index in [-0.39, 0.29) is 11.4 Å². The molecular weight excluding hydrogens is 442 g/mol. The third kappa shape index (κ3) is 3.21. The highest BCUT2D eigenvalue weighted by Crippen LogP contribution is 2.37. The Bertz CT molecular complexity index is 1330. The molecule has 0 saturated heterocycles. The van der Waals surface area contributed by atoms with Crippen LogP contribution in [0.1, 0.15) is 48.7 Å². The number of amidine groups is 2. The molecule has 1 aromatic carbocycles. The van der Waals surface area contributed by atoms with E-state index in [0.717, 1.165) is 34.1 Å². The van der Waals surface area contributed by atoms with Gasteiger partial charge in [0.2, 0.25) is 4.96 Å². The lowest BCUT2D eigenvalue weighted by Crippen LogP contribution is -2.35. The lowest BCUT2D eigenvalue weighted by atomic mass is 9.90. The summed E-state index contributed by atoms with van der Waals surface area (Å²) in [5.41, 5.74) is 4.12. The van der Waals surface area contributed by atoms with Crippen molar-refractivity contribution in [3.05, 3.63) is 46.6 Å². The van der Waals surface area contributed by atoms with E-state index in [4.69, 9.17) is 15.5 Å². The highest BCUT2D eigenvalue weighted by atomic mass is 32.2. The Morgan fingerprint density at radius 1 is 1.12 bits per heavy atom. The number of thioether (sulfide) groups is 1. The number of amides is 1. The molecule has 1 amide bonds. The topological polar surface area (TPSA) is 99.1 Å². The van der Waals surface area contributed by atoms with Crippen molar-refractivity contribution in [2.75, 3.05) is 0 Å². The Morgan fingerprint density at radius 3 is 2.75 bits per heavy atom. The maximum Gasteiger partial charge on any atom is 0.283 e. The van der Waals surface area contributed by atoms with Crippen molar-refractivity contribution < 1.29 is 4.79 Å². The highest BCUT2D eigenvalue weighted by molar-refractivity contribution is 8.25. The lowest BCUT2D eigenvalue weighted by Gasteiger charge is -2.20. The van der Waals surface area contributed by atoms with Gasteiger partial charge in [-0.2, -0.15) is 20.2 Å². The fourth-order valence-corrected chi connectivity index (χ4v) is 5.99. The van der Waals surface area contributed by atoms with Crippen LogP contribution in [0.5, 0.6) is 0 Å². The van der Waals surface area contributed by atoms with Crippen LogP contribution in [0.25, 0.3) is 22.3 Å². The first kappa shape index (κ1) is 19.6. The molecular formula is C22H19N7OS2. The van der Waals surface area contributed by atoms with Crippen LogP contribution in [-0.2, 0) is 4.79 Å². The molecule has 3 aliphatic rings. The van der Waals surface area contributed by atoms with Gasteiger partial charge < -0.3 is 0 Å². The number of hydrogen-bond acceptors (Lipinski definition) is 7. The minimum absolute atomic E-state index is 0.0120. The summed E-state index contributed by atoms with van der Waals surface area (Å²) in [5, 5.41) is 20.5. The van der Waals surface area contributed by atoms with Gasteiger partial charge in [-0.15, -0.1) is 0 Å². The zero-order valence-corrected chi connectivity index (χ0v) is 18.7. The molecule has 8 nitrogen and oxygen atoms in total. The van der Waals surface area contributed by atoms with Gasteiger partial charge in [-0.05, 0) is 30.7 Å². The minimum Gasteiger partial charge on any atom is -0.282 e. The van der Waals surface area contributed by atoms with Crippen LogP contribution in [-0.4, -0.2) is 42.1 Å². The van der Waals surface area contributed by atoms with Crippen LogP contribution in [0.2, 0.25) is 0 Å². The summed E-state index contributed by atoms with van der Waals surface area (Å²) in [4.78, 5) is 22.6. The molecule has 2 aromatic heterocycles. The normalized spacial score (nSPS) is 20.4. The number of carbonyl (C=O) groups is 1. The molecule has 1 N–H and O–H groups in total. The monoisotopic (exact) mass is 461 g/mol. The van der Waals surface area contributed by atoms with Crippen molar-refractivity contribution in [3.8, 4) is 11.3 Å². The molecule has 0 radical (unpaired) electrons. The third-order valence-corrected chi connectivity index (χ3v) is 7.68. The summed E-state index contributed by atoms with van der Waals surface area (Å²) < 4.78 is 1.83. The molecule has 32 heavy (non-hydrogen) atoms. The van der Waals surface area contributed by atoms with Crippen LogP contribution in [0.15, 0.2) is 46.0 Å². The molecule has 0 spiro atoms. The average molecular weight is 462 g/mol. The Balaban J connectivity index is 1.51. The van der Waals surface area contributed by atoms with Crippen LogP contribution >= 0.6 is 23.1 Å². The minimum atomic E-state index is -0.448. The second-order valence-corrected chi connectivity index (χ2v) is 9.74. The number of aromatic nitrogens is 3. The van der Waals surface area contributed by atoms with Crippen molar-refractivity contribution in [3.63, 3.8) is 0 Å². The Hall–Kier alpha value is -3.11. The molecule has 1 aliphatic carbocycles. The summed E-state index contributed by atoms with van der Waals surface area (Å²) in [6.07, 6.45) is 7.76. The average Bonchev–Trinajstić information content (AvgIpc) is 3.53. The number of nitrogens with one attached hydrogen (secondary N) is 1. The molecule has 6 rings (SSSR count). The van der Waals surface area contributed by atoms with Crippen molar-refractivity contribution in [1.29, 1.82) is 5.41 Å². The van der Waals surface area contributed by atoms with Crippen molar-refractivity contribution in [1.82, 2.24) is 19.6 Å². The van der Waals surface area contributed by atoms with Crippen molar-refractivity contribution >= 4 is 56.6 Å². The number of fused-ring (bicyclic) bond motifs is 2. The van der Waals surface area contributed by atoms with E-state index in [1.54, 1.807) is 23.0 Å². The van der Waals surface area contributed by atoms with Gasteiger partial charge >= 0.3 is 0 Å². The van der Waals surface area contributed by atoms with Gasteiger partial charge in [-0.25, -0.2) is 9.50 Å². The van der Waals surface area contributed by atoms with E-state index in [0.29, 0.717) is 16.8 Å². The summed E-state index contributed by atoms with van der Waals surface area (Å²) in [6.45, 7) is 0. The molecule has 3 aromatic rings. The van der Waals surface area contributed by atoms with Crippen molar-refractivity contribution in [2.24, 2.45) is 10.1 Å². The van der Waals surface area contributed by atoms with E-state index >= 15 is 0 Å². The number of rotatable bonds is 3. The Kier molecular flexibility index (Phi) is 4.76. The predicted octanol–water partition coefficient (Wildman–Crippen LogP) is 4.75. The summed E-state index contributed by atoms with van der Waals surface area (Å²) in [5.74, 6) is 0.0303. The van der Waals surface area contributed by atoms with E-state index < -0.39 is 5.91 Å². The second-order valence-electron chi connectivity index (χ2n) is 7.94. The molecule has 1 fully saturated rings. The zero-order valence-electron chi connectivity index (χ0n) is 17.1. The maximum atomic E-state index is 12.8. The fourth-order valence-electron chi connectivity index (χ4n) is 4.30. The molecule has 10 heteroatoms. The van der Waals surface area contributed by atoms with Gasteiger partial charge in [0.05, 0.1) is 22.5 Å². The summed E-state index contributed by atoms with van der Waals surface area (Å²) >= 11 is 2.85. The quantitative estimate of drug-likeness (QED) is 0.567. The number of benzene rings is 1. The summed E-state index contributed by atoms with van der Waals surface area (Å²) in [6, 6.07) is 9.85. The first-order valence-electron chi connectivity index (χ1n) is 10.6. The predicted molar refractivity (Wildman–Crippen MR) is 128 cm³/mol. The van der Waals surface area contributed by atoms with Crippen LogP contribution < -0.4 is 0 Å². The Morgan fingerprint density at radius 2 is 1.94 bits per heavy atom. The van der Waals surface area contributed by atoms with E-state index in [9.17, 15) is 4.79 Å². The van der Waals surface area contributed by atoms with Crippen LogP contribution in [0.3, 0.4) is 0 Å². The standard InChI is InChI=1S/C22H19N7OS2/c23-18-15(19(30)26-21-29(18)24-12-31-21)11-16-17(13-7-3-1-4-8-13)25-22-28(16)27-20(32-22)14-9-5-2-6-10-14/h1,3-4,7-8,11-12,14,23H,2,5-6,9-10H2/b15-11-,23-18?. The molecule has 160 valence electrons. The van der Waals surface area contributed by atoms with Crippen LogP contribution in [0, 0.1) is 5.41 Å². The SMILES string of the molecule is N=C1/C(=C/c2c(-c3ccccc3)nc3sc(C4CCCCC4)nn23)C(=O)N=C2SC=NN12. The molecule has 0 bridgehead atoms. The second kappa shape index (κ2) is 7.79. The largest absolute Gasteiger partial charge is 0.283 e. The molecule has 0 unspecified atom stereocenters. The number of hydrazone groups is 1. The molecule has 4 heterocycles. The number of hydrogen-bond donors (Lipinski definition) is 1. The van der Waals surface area contributed by atoms with Gasteiger partial charge in [-0.3, -0.25) is 10.2 Å². The smallest absolute Gasteiger partial charge is 0.282 e. The third-order valence-electron chi connectivity index (χ3n) is 5.93. The van der Waals surface area contributed by atoms with Gasteiger partial charge in [0.15, 0.2) is 11.0 Å². The van der Waals surface area contributed by atoms with Crippen LogP contribution in [0.4, 0.5) is 0 Å². The van der Waals surface area contributed by atoms with Gasteiger partial charge in [0, 0.05) is 11.5 Å². The number of aliphatic imine (C=N–C) groups is 1.